The summed E-state index contributed by atoms with van der Waals surface area (Å²) in [7, 11) is 0. The number of hydrogen-bond acceptors (Lipinski definition) is 1. The molecule has 0 spiro atoms. The summed E-state index contributed by atoms with van der Waals surface area (Å²) in [5, 5.41) is 2.52. The molecule has 0 aromatic heterocycles. The largest absolute Gasteiger partial charge is 0.412 e. The molecular weight excluding hydrogens is 319 g/mol. The zero-order valence-electron chi connectivity index (χ0n) is 9.79. The van der Waals surface area contributed by atoms with Crippen LogP contribution in [-0.2, 0) is 0 Å². The number of halogens is 4. The molecule has 1 nitrogen and oxygen atoms in total. The summed E-state index contributed by atoms with van der Waals surface area (Å²) in [5.41, 5.74) is 0.607. The van der Waals surface area contributed by atoms with Crippen molar-refractivity contribution in [2.75, 3.05) is 5.32 Å². The Bertz CT molecular complexity index is 540. The van der Waals surface area contributed by atoms with Crippen molar-refractivity contribution in [3.05, 3.63) is 64.6 Å². The van der Waals surface area contributed by atoms with Crippen molar-refractivity contribution in [3.8, 4) is 0 Å². The van der Waals surface area contributed by atoms with Gasteiger partial charge in [0.1, 0.15) is 6.04 Å². The average molecular weight is 330 g/mol. The van der Waals surface area contributed by atoms with E-state index in [1.807, 2.05) is 0 Å². The fourth-order valence-electron chi connectivity index (χ4n) is 1.74. The van der Waals surface area contributed by atoms with Gasteiger partial charge in [0, 0.05) is 10.2 Å². The highest BCUT2D eigenvalue weighted by Crippen LogP contribution is 2.35. The van der Waals surface area contributed by atoms with E-state index in [0.29, 0.717) is 5.69 Å². The standard InChI is InChI=1S/C14H11BrF3N/c15-11-7-4-8-12(9-11)19-13(14(16,17)18)10-5-2-1-3-6-10/h1-9,13,19H/t13-/m0/s1. The molecule has 1 N–H and O–H groups in total. The molecule has 5 heteroatoms. The van der Waals surface area contributed by atoms with Crippen LogP contribution in [0.1, 0.15) is 11.6 Å². The van der Waals surface area contributed by atoms with Crippen molar-refractivity contribution in [2.45, 2.75) is 12.2 Å². The van der Waals surface area contributed by atoms with E-state index in [9.17, 15) is 13.2 Å². The molecule has 100 valence electrons. The van der Waals surface area contributed by atoms with Crippen LogP contribution in [0.25, 0.3) is 0 Å². The van der Waals surface area contributed by atoms with Crippen molar-refractivity contribution < 1.29 is 13.2 Å². The lowest BCUT2D eigenvalue weighted by molar-refractivity contribution is -0.144. The number of nitrogens with one attached hydrogen (secondary N) is 1. The highest BCUT2D eigenvalue weighted by atomic mass is 79.9. The minimum Gasteiger partial charge on any atom is -0.370 e. The van der Waals surface area contributed by atoms with E-state index in [-0.39, 0.29) is 5.56 Å². The number of alkyl halides is 3. The zero-order valence-corrected chi connectivity index (χ0v) is 11.4. The normalized spacial score (nSPS) is 13.1. The zero-order chi connectivity index (χ0) is 13.9. The fourth-order valence-corrected chi connectivity index (χ4v) is 2.14. The number of anilines is 1. The lowest BCUT2D eigenvalue weighted by Gasteiger charge is -2.23. The Morgan fingerprint density at radius 2 is 1.63 bits per heavy atom. The third-order valence-corrected chi connectivity index (χ3v) is 3.09. The van der Waals surface area contributed by atoms with Crippen LogP contribution in [-0.4, -0.2) is 6.18 Å². The molecule has 0 heterocycles. The Kier molecular flexibility index (Phi) is 4.14. The Labute approximate surface area is 117 Å². The lowest BCUT2D eigenvalue weighted by Crippen LogP contribution is -2.27. The number of benzene rings is 2. The van der Waals surface area contributed by atoms with Crippen molar-refractivity contribution in [2.24, 2.45) is 0 Å². The third kappa shape index (κ3) is 3.73. The first-order valence-corrected chi connectivity index (χ1v) is 6.40. The van der Waals surface area contributed by atoms with Crippen LogP contribution in [0.2, 0.25) is 0 Å². The van der Waals surface area contributed by atoms with Gasteiger partial charge in [-0.2, -0.15) is 13.2 Å². The molecular formula is C14H11BrF3N. The van der Waals surface area contributed by atoms with Gasteiger partial charge >= 0.3 is 6.18 Å². The van der Waals surface area contributed by atoms with Crippen LogP contribution >= 0.6 is 15.9 Å². The molecule has 0 radical (unpaired) electrons. The third-order valence-electron chi connectivity index (χ3n) is 2.60. The minimum absolute atomic E-state index is 0.190. The quantitative estimate of drug-likeness (QED) is 0.819. The first-order chi connectivity index (χ1) is 8.97. The van der Waals surface area contributed by atoms with E-state index in [4.69, 9.17) is 0 Å². The SMILES string of the molecule is FC(F)(F)[C@@H](Nc1cccc(Br)c1)c1ccccc1. The van der Waals surface area contributed by atoms with Gasteiger partial charge in [-0.1, -0.05) is 52.3 Å². The average Bonchev–Trinajstić information content (AvgIpc) is 2.36. The van der Waals surface area contributed by atoms with Gasteiger partial charge in [0.25, 0.3) is 0 Å². The molecule has 0 fully saturated rings. The van der Waals surface area contributed by atoms with Crippen LogP contribution in [0.4, 0.5) is 18.9 Å². The van der Waals surface area contributed by atoms with Crippen LogP contribution in [0.15, 0.2) is 59.1 Å². The lowest BCUT2D eigenvalue weighted by atomic mass is 10.1. The Balaban J connectivity index is 2.30. The molecule has 0 aliphatic carbocycles. The second-order valence-corrected chi connectivity index (χ2v) is 4.96. The summed E-state index contributed by atoms with van der Waals surface area (Å²) >= 11 is 3.24. The van der Waals surface area contributed by atoms with Crippen LogP contribution in [0.5, 0.6) is 0 Å². The van der Waals surface area contributed by atoms with Gasteiger partial charge < -0.3 is 5.32 Å². The molecule has 2 aromatic carbocycles. The molecule has 2 aromatic rings. The minimum atomic E-state index is -4.36. The predicted octanol–water partition coefficient (Wildman–Crippen LogP) is 5.16. The summed E-state index contributed by atoms with van der Waals surface area (Å²) in [6.07, 6.45) is -4.36. The molecule has 0 amide bonds. The predicted molar refractivity (Wildman–Crippen MR) is 73.0 cm³/mol. The fraction of sp³-hybridized carbons (Fsp3) is 0.143. The van der Waals surface area contributed by atoms with E-state index in [0.717, 1.165) is 4.47 Å². The molecule has 19 heavy (non-hydrogen) atoms. The van der Waals surface area contributed by atoms with Gasteiger partial charge in [-0.05, 0) is 23.8 Å². The molecule has 0 unspecified atom stereocenters. The second kappa shape index (κ2) is 5.65. The summed E-state index contributed by atoms with van der Waals surface area (Å²) in [4.78, 5) is 0. The van der Waals surface area contributed by atoms with Gasteiger partial charge in [-0.15, -0.1) is 0 Å². The van der Waals surface area contributed by atoms with Crippen LogP contribution < -0.4 is 5.32 Å². The number of hydrogen-bond donors (Lipinski definition) is 1. The Morgan fingerprint density at radius 3 is 2.21 bits per heavy atom. The van der Waals surface area contributed by atoms with Crippen molar-refractivity contribution in [3.63, 3.8) is 0 Å². The summed E-state index contributed by atoms with van der Waals surface area (Å²) in [6.45, 7) is 0. The molecule has 2 rings (SSSR count). The topological polar surface area (TPSA) is 12.0 Å². The van der Waals surface area contributed by atoms with E-state index >= 15 is 0 Å². The molecule has 0 aliphatic rings. The molecule has 0 bridgehead atoms. The highest BCUT2D eigenvalue weighted by Gasteiger charge is 2.40. The van der Waals surface area contributed by atoms with E-state index in [1.54, 1.807) is 42.5 Å². The van der Waals surface area contributed by atoms with Crippen molar-refractivity contribution in [1.82, 2.24) is 0 Å². The first kappa shape index (κ1) is 13.9. The summed E-state index contributed by atoms with van der Waals surface area (Å²) in [5.74, 6) is 0. The van der Waals surface area contributed by atoms with Crippen molar-refractivity contribution >= 4 is 21.6 Å². The Morgan fingerprint density at radius 1 is 0.947 bits per heavy atom. The maximum Gasteiger partial charge on any atom is 0.412 e. The maximum atomic E-state index is 13.1. The van der Waals surface area contributed by atoms with Gasteiger partial charge in [0.15, 0.2) is 0 Å². The number of rotatable bonds is 3. The van der Waals surface area contributed by atoms with Gasteiger partial charge in [-0.3, -0.25) is 0 Å². The first-order valence-electron chi connectivity index (χ1n) is 5.60. The van der Waals surface area contributed by atoms with Crippen molar-refractivity contribution in [1.29, 1.82) is 0 Å². The maximum absolute atomic E-state index is 13.1. The molecule has 0 aliphatic heterocycles. The van der Waals surface area contributed by atoms with Crippen LogP contribution in [0, 0.1) is 0 Å². The van der Waals surface area contributed by atoms with E-state index < -0.39 is 12.2 Å². The van der Waals surface area contributed by atoms with E-state index in [1.165, 1.54) is 12.1 Å². The van der Waals surface area contributed by atoms with E-state index in [2.05, 4.69) is 21.2 Å². The van der Waals surface area contributed by atoms with Gasteiger partial charge in [-0.25, -0.2) is 0 Å². The molecule has 0 saturated carbocycles. The van der Waals surface area contributed by atoms with Gasteiger partial charge in [0.2, 0.25) is 0 Å². The monoisotopic (exact) mass is 329 g/mol. The molecule has 1 atom stereocenters. The highest BCUT2D eigenvalue weighted by molar-refractivity contribution is 9.10. The summed E-state index contributed by atoms with van der Waals surface area (Å²) in [6, 6.07) is 12.7. The molecule has 0 saturated heterocycles. The van der Waals surface area contributed by atoms with Gasteiger partial charge in [0.05, 0.1) is 0 Å². The van der Waals surface area contributed by atoms with Crippen LogP contribution in [0.3, 0.4) is 0 Å². The second-order valence-electron chi connectivity index (χ2n) is 4.04. The summed E-state index contributed by atoms with van der Waals surface area (Å²) < 4.78 is 40.1. The Hall–Kier alpha value is -1.49. The smallest absolute Gasteiger partial charge is 0.370 e.